The van der Waals surface area contributed by atoms with Crippen LogP contribution in [-0.4, -0.2) is 14.6 Å². The highest BCUT2D eigenvalue weighted by Gasteiger charge is 2.07. The van der Waals surface area contributed by atoms with Gasteiger partial charge < -0.3 is 5.73 Å². The van der Waals surface area contributed by atoms with Gasteiger partial charge in [-0.3, -0.25) is 0 Å². The number of nitrogens with two attached hydrogens (primary N) is 1. The van der Waals surface area contributed by atoms with Crippen molar-refractivity contribution >= 4 is 11.5 Å². The Hall–Kier alpha value is -2.43. The molecule has 18 heavy (non-hydrogen) atoms. The number of aromatic nitrogens is 3. The standard InChI is InChI=1S/C13H11FN4/c1-8-5-13-16-11(7-12(15)18(13)17-8)9-3-2-4-10(14)6-9/h2-7H,15H2,1H3. The molecule has 0 fully saturated rings. The van der Waals surface area contributed by atoms with Crippen LogP contribution in [0.5, 0.6) is 0 Å². The number of fused-ring (bicyclic) bond motifs is 1. The molecule has 0 radical (unpaired) electrons. The van der Waals surface area contributed by atoms with E-state index in [4.69, 9.17) is 5.73 Å². The molecular formula is C13H11FN4. The highest BCUT2D eigenvalue weighted by molar-refractivity contribution is 5.65. The molecule has 90 valence electrons. The molecule has 3 aromatic rings. The molecule has 2 heterocycles. The average Bonchev–Trinajstić information content (AvgIpc) is 2.70. The summed E-state index contributed by atoms with van der Waals surface area (Å²) in [6.07, 6.45) is 0. The number of benzene rings is 1. The van der Waals surface area contributed by atoms with Crippen LogP contribution in [0.4, 0.5) is 10.2 Å². The fourth-order valence-electron chi connectivity index (χ4n) is 1.91. The molecule has 0 aliphatic carbocycles. The summed E-state index contributed by atoms with van der Waals surface area (Å²) in [5, 5.41) is 4.22. The number of nitrogens with zero attached hydrogens (tertiary/aromatic N) is 3. The maximum atomic E-state index is 13.2. The highest BCUT2D eigenvalue weighted by atomic mass is 19.1. The van der Waals surface area contributed by atoms with Crippen molar-refractivity contribution in [3.8, 4) is 11.3 Å². The van der Waals surface area contributed by atoms with E-state index in [1.807, 2.05) is 13.0 Å². The maximum absolute atomic E-state index is 13.2. The Morgan fingerprint density at radius 3 is 2.83 bits per heavy atom. The summed E-state index contributed by atoms with van der Waals surface area (Å²) in [5.41, 5.74) is 8.75. The van der Waals surface area contributed by atoms with E-state index in [-0.39, 0.29) is 5.82 Å². The quantitative estimate of drug-likeness (QED) is 0.713. The van der Waals surface area contributed by atoms with Gasteiger partial charge in [-0.2, -0.15) is 9.61 Å². The molecule has 0 aliphatic rings. The molecule has 0 amide bonds. The van der Waals surface area contributed by atoms with Gasteiger partial charge in [0.25, 0.3) is 0 Å². The average molecular weight is 242 g/mol. The zero-order chi connectivity index (χ0) is 12.7. The first-order chi connectivity index (χ1) is 8.63. The molecule has 0 saturated carbocycles. The molecule has 0 bridgehead atoms. The monoisotopic (exact) mass is 242 g/mol. The lowest BCUT2D eigenvalue weighted by Crippen LogP contribution is -2.01. The van der Waals surface area contributed by atoms with Crippen LogP contribution in [0.25, 0.3) is 16.9 Å². The van der Waals surface area contributed by atoms with E-state index in [1.54, 1.807) is 22.7 Å². The van der Waals surface area contributed by atoms with Crippen molar-refractivity contribution in [1.82, 2.24) is 14.6 Å². The summed E-state index contributed by atoms with van der Waals surface area (Å²) in [6.45, 7) is 1.87. The van der Waals surface area contributed by atoms with Crippen molar-refractivity contribution in [1.29, 1.82) is 0 Å². The summed E-state index contributed by atoms with van der Waals surface area (Å²) in [6, 6.07) is 9.79. The molecule has 0 atom stereocenters. The van der Waals surface area contributed by atoms with E-state index < -0.39 is 0 Å². The van der Waals surface area contributed by atoms with E-state index >= 15 is 0 Å². The van der Waals surface area contributed by atoms with Gasteiger partial charge in [0.1, 0.15) is 11.6 Å². The minimum absolute atomic E-state index is 0.294. The topological polar surface area (TPSA) is 56.2 Å². The smallest absolute Gasteiger partial charge is 0.158 e. The van der Waals surface area contributed by atoms with E-state index in [9.17, 15) is 4.39 Å². The van der Waals surface area contributed by atoms with Gasteiger partial charge in [0.2, 0.25) is 0 Å². The van der Waals surface area contributed by atoms with Gasteiger partial charge in [0, 0.05) is 17.7 Å². The van der Waals surface area contributed by atoms with Crippen LogP contribution in [0.15, 0.2) is 36.4 Å². The molecule has 0 saturated heterocycles. The summed E-state index contributed by atoms with van der Waals surface area (Å²) in [7, 11) is 0. The van der Waals surface area contributed by atoms with Crippen LogP contribution in [-0.2, 0) is 0 Å². The predicted molar refractivity (Wildman–Crippen MR) is 67.5 cm³/mol. The molecule has 0 unspecified atom stereocenters. The maximum Gasteiger partial charge on any atom is 0.158 e. The van der Waals surface area contributed by atoms with Crippen molar-refractivity contribution in [2.24, 2.45) is 0 Å². The first-order valence-electron chi connectivity index (χ1n) is 5.52. The van der Waals surface area contributed by atoms with Gasteiger partial charge >= 0.3 is 0 Å². The number of halogens is 1. The minimum atomic E-state index is -0.294. The van der Waals surface area contributed by atoms with Gasteiger partial charge in [0.05, 0.1) is 11.4 Å². The second-order valence-electron chi connectivity index (χ2n) is 4.13. The number of aryl methyl sites for hydroxylation is 1. The van der Waals surface area contributed by atoms with Gasteiger partial charge in [-0.05, 0) is 19.1 Å². The lowest BCUT2D eigenvalue weighted by molar-refractivity contribution is 0.628. The third-order valence-electron chi connectivity index (χ3n) is 2.70. The Kier molecular flexibility index (Phi) is 2.26. The Balaban J connectivity index is 2.24. The van der Waals surface area contributed by atoms with Crippen LogP contribution in [0.3, 0.4) is 0 Å². The lowest BCUT2D eigenvalue weighted by atomic mass is 10.1. The predicted octanol–water partition coefficient (Wildman–Crippen LogP) is 2.43. The first-order valence-corrected chi connectivity index (χ1v) is 5.52. The van der Waals surface area contributed by atoms with Crippen LogP contribution in [0, 0.1) is 12.7 Å². The van der Waals surface area contributed by atoms with Crippen molar-refractivity contribution in [3.63, 3.8) is 0 Å². The summed E-state index contributed by atoms with van der Waals surface area (Å²) in [5.74, 6) is 0.185. The number of nitrogen functional groups attached to an aromatic ring is 1. The Bertz CT molecular complexity index is 733. The van der Waals surface area contributed by atoms with Crippen LogP contribution < -0.4 is 5.73 Å². The Labute approximate surface area is 103 Å². The second kappa shape index (κ2) is 3.80. The van der Waals surface area contributed by atoms with E-state index in [1.165, 1.54) is 12.1 Å². The fraction of sp³-hybridized carbons (Fsp3) is 0.0769. The lowest BCUT2D eigenvalue weighted by Gasteiger charge is -2.04. The summed E-state index contributed by atoms with van der Waals surface area (Å²) >= 11 is 0. The summed E-state index contributed by atoms with van der Waals surface area (Å²) < 4.78 is 14.8. The number of rotatable bonds is 1. The normalized spacial score (nSPS) is 11.0. The van der Waals surface area contributed by atoms with E-state index in [0.717, 1.165) is 5.69 Å². The Morgan fingerprint density at radius 2 is 2.06 bits per heavy atom. The molecule has 5 heteroatoms. The first kappa shape index (κ1) is 10.7. The van der Waals surface area contributed by atoms with Gasteiger partial charge in [0.15, 0.2) is 5.65 Å². The van der Waals surface area contributed by atoms with Gasteiger partial charge in [-0.1, -0.05) is 12.1 Å². The molecular weight excluding hydrogens is 231 g/mol. The number of hydrogen-bond acceptors (Lipinski definition) is 3. The third kappa shape index (κ3) is 1.69. The van der Waals surface area contributed by atoms with Gasteiger partial charge in [-0.15, -0.1) is 0 Å². The Morgan fingerprint density at radius 1 is 1.22 bits per heavy atom. The molecule has 2 N–H and O–H groups in total. The second-order valence-corrected chi connectivity index (χ2v) is 4.13. The van der Waals surface area contributed by atoms with Crippen molar-refractivity contribution < 1.29 is 4.39 Å². The van der Waals surface area contributed by atoms with Gasteiger partial charge in [-0.25, -0.2) is 9.37 Å². The molecule has 2 aromatic heterocycles. The van der Waals surface area contributed by atoms with Crippen LogP contribution in [0.1, 0.15) is 5.69 Å². The van der Waals surface area contributed by atoms with E-state index in [0.29, 0.717) is 22.7 Å². The molecule has 3 rings (SSSR count). The third-order valence-corrected chi connectivity index (χ3v) is 2.70. The zero-order valence-electron chi connectivity index (χ0n) is 9.76. The SMILES string of the molecule is Cc1cc2nc(-c3cccc(F)c3)cc(N)n2n1. The van der Waals surface area contributed by atoms with Crippen LogP contribution in [0.2, 0.25) is 0 Å². The largest absolute Gasteiger partial charge is 0.384 e. The van der Waals surface area contributed by atoms with Crippen molar-refractivity contribution in [2.75, 3.05) is 5.73 Å². The number of hydrogen-bond donors (Lipinski definition) is 1. The van der Waals surface area contributed by atoms with Crippen LogP contribution >= 0.6 is 0 Å². The molecule has 0 aliphatic heterocycles. The van der Waals surface area contributed by atoms with Crippen molar-refractivity contribution in [2.45, 2.75) is 6.92 Å². The van der Waals surface area contributed by atoms with Crippen molar-refractivity contribution in [3.05, 3.63) is 47.9 Å². The highest BCUT2D eigenvalue weighted by Crippen LogP contribution is 2.21. The molecule has 1 aromatic carbocycles. The zero-order valence-corrected chi connectivity index (χ0v) is 9.76. The minimum Gasteiger partial charge on any atom is -0.384 e. The molecule has 0 spiro atoms. The summed E-state index contributed by atoms with van der Waals surface area (Å²) in [4.78, 5) is 4.42. The molecule has 4 nitrogen and oxygen atoms in total. The van der Waals surface area contributed by atoms with E-state index in [2.05, 4.69) is 10.1 Å². The number of anilines is 1. The fourth-order valence-corrected chi connectivity index (χ4v) is 1.91.